The number of rotatable bonds is 1. The Morgan fingerprint density at radius 3 is 2.57 bits per heavy atom. The molecule has 0 aliphatic carbocycles. The standard InChI is InChI=1S/C12H7Cl3N4O2/c1-19-10-8(11(20)18-12(19)21)16-9(17-10)5-2-4(13)3-6(14)7(5)15/h2-3H,1H3,(H,16,17)(H,18,20,21). The lowest BCUT2D eigenvalue weighted by Crippen LogP contribution is -2.28. The zero-order valence-corrected chi connectivity index (χ0v) is 12.8. The number of nitrogens with zero attached hydrogens (tertiary/aromatic N) is 2. The van der Waals surface area contributed by atoms with E-state index in [1.807, 2.05) is 0 Å². The summed E-state index contributed by atoms with van der Waals surface area (Å²) in [5.74, 6) is 0.297. The molecule has 21 heavy (non-hydrogen) atoms. The first-order valence-corrected chi connectivity index (χ1v) is 6.86. The summed E-state index contributed by atoms with van der Waals surface area (Å²) in [7, 11) is 1.50. The fraction of sp³-hybridized carbons (Fsp3) is 0.0833. The SMILES string of the molecule is Cn1c(=O)[nH]c(=O)c2[nH]c(-c3cc(Cl)cc(Cl)c3Cl)nc21. The highest BCUT2D eigenvalue weighted by atomic mass is 35.5. The molecule has 9 heteroatoms. The highest BCUT2D eigenvalue weighted by Crippen LogP contribution is 2.35. The van der Waals surface area contributed by atoms with Gasteiger partial charge in [0.15, 0.2) is 5.65 Å². The van der Waals surface area contributed by atoms with Crippen LogP contribution >= 0.6 is 34.8 Å². The third-order valence-electron chi connectivity index (χ3n) is 3.00. The number of aryl methyl sites for hydroxylation is 1. The van der Waals surface area contributed by atoms with Crippen LogP contribution in [0.25, 0.3) is 22.6 Å². The first kappa shape index (κ1) is 14.2. The third kappa shape index (κ3) is 2.25. The van der Waals surface area contributed by atoms with Crippen molar-refractivity contribution in [2.45, 2.75) is 0 Å². The minimum Gasteiger partial charge on any atom is -0.332 e. The van der Waals surface area contributed by atoms with E-state index in [0.29, 0.717) is 16.4 Å². The average Bonchev–Trinajstić information content (AvgIpc) is 2.86. The van der Waals surface area contributed by atoms with Crippen LogP contribution in [0, 0.1) is 0 Å². The molecule has 2 N–H and O–H groups in total. The molecule has 108 valence electrons. The van der Waals surface area contributed by atoms with E-state index in [-0.39, 0.29) is 21.2 Å². The fourth-order valence-electron chi connectivity index (χ4n) is 1.96. The summed E-state index contributed by atoms with van der Waals surface area (Å²) < 4.78 is 1.22. The highest BCUT2D eigenvalue weighted by Gasteiger charge is 2.16. The van der Waals surface area contributed by atoms with Gasteiger partial charge in [-0.1, -0.05) is 34.8 Å². The van der Waals surface area contributed by atoms with Crippen LogP contribution in [0.3, 0.4) is 0 Å². The molecule has 0 saturated heterocycles. The smallest absolute Gasteiger partial charge is 0.329 e. The number of aromatic nitrogens is 4. The Morgan fingerprint density at radius 1 is 1.14 bits per heavy atom. The van der Waals surface area contributed by atoms with Gasteiger partial charge in [-0.25, -0.2) is 9.78 Å². The van der Waals surface area contributed by atoms with Crippen molar-refractivity contribution in [3.05, 3.63) is 48.0 Å². The van der Waals surface area contributed by atoms with Crippen molar-refractivity contribution in [2.75, 3.05) is 0 Å². The zero-order valence-electron chi connectivity index (χ0n) is 10.5. The van der Waals surface area contributed by atoms with Gasteiger partial charge in [-0.15, -0.1) is 0 Å². The van der Waals surface area contributed by atoms with Crippen LogP contribution < -0.4 is 11.2 Å². The molecule has 2 heterocycles. The Labute approximate surface area is 132 Å². The Bertz CT molecular complexity index is 987. The molecule has 3 rings (SSSR count). The lowest BCUT2D eigenvalue weighted by molar-refractivity contribution is 0.832. The van der Waals surface area contributed by atoms with Crippen molar-refractivity contribution in [1.82, 2.24) is 19.5 Å². The maximum Gasteiger partial charge on any atom is 0.329 e. The normalized spacial score (nSPS) is 11.2. The summed E-state index contributed by atoms with van der Waals surface area (Å²) in [5, 5.41) is 0.895. The quantitative estimate of drug-likeness (QED) is 0.665. The van der Waals surface area contributed by atoms with Crippen molar-refractivity contribution < 1.29 is 0 Å². The predicted molar refractivity (Wildman–Crippen MR) is 82.4 cm³/mol. The van der Waals surface area contributed by atoms with E-state index in [0.717, 1.165) is 0 Å². The van der Waals surface area contributed by atoms with E-state index in [1.54, 1.807) is 6.07 Å². The van der Waals surface area contributed by atoms with Crippen LogP contribution in [0.1, 0.15) is 0 Å². The lowest BCUT2D eigenvalue weighted by Gasteiger charge is -2.03. The summed E-state index contributed by atoms with van der Waals surface area (Å²) >= 11 is 18.1. The zero-order chi connectivity index (χ0) is 15.3. The van der Waals surface area contributed by atoms with Crippen LogP contribution in [0.15, 0.2) is 21.7 Å². The molecule has 0 spiro atoms. The molecule has 0 radical (unpaired) electrons. The largest absolute Gasteiger partial charge is 0.332 e. The molecular weight excluding hydrogens is 339 g/mol. The van der Waals surface area contributed by atoms with Crippen LogP contribution in [0.5, 0.6) is 0 Å². The Morgan fingerprint density at radius 2 is 1.86 bits per heavy atom. The first-order chi connectivity index (χ1) is 9.88. The number of nitrogens with one attached hydrogen (secondary N) is 2. The number of fused-ring (bicyclic) bond motifs is 1. The van der Waals surface area contributed by atoms with Gasteiger partial charge in [0.25, 0.3) is 5.56 Å². The van der Waals surface area contributed by atoms with Gasteiger partial charge in [0, 0.05) is 17.6 Å². The molecule has 6 nitrogen and oxygen atoms in total. The second-order valence-electron chi connectivity index (χ2n) is 4.35. The molecule has 0 aliphatic rings. The molecule has 1 aromatic carbocycles. The van der Waals surface area contributed by atoms with Crippen molar-refractivity contribution >= 4 is 46.0 Å². The lowest BCUT2D eigenvalue weighted by atomic mass is 10.2. The van der Waals surface area contributed by atoms with Crippen molar-refractivity contribution in [2.24, 2.45) is 7.05 Å². The van der Waals surface area contributed by atoms with Gasteiger partial charge in [0.05, 0.1) is 10.0 Å². The number of H-pyrrole nitrogens is 2. The van der Waals surface area contributed by atoms with Crippen LogP contribution in [-0.4, -0.2) is 19.5 Å². The predicted octanol–water partition coefficient (Wildman–Crippen LogP) is 2.58. The molecule has 2 aromatic heterocycles. The summed E-state index contributed by atoms with van der Waals surface area (Å²) in [6, 6.07) is 3.07. The van der Waals surface area contributed by atoms with E-state index < -0.39 is 11.2 Å². The summed E-state index contributed by atoms with van der Waals surface area (Å²) in [6.07, 6.45) is 0. The fourth-order valence-corrected chi connectivity index (χ4v) is 2.65. The summed E-state index contributed by atoms with van der Waals surface area (Å²) in [4.78, 5) is 32.6. The Kier molecular flexibility index (Phi) is 3.32. The third-order valence-corrected chi connectivity index (χ3v) is 4.02. The molecule has 3 aromatic rings. The maximum atomic E-state index is 11.8. The number of aromatic amines is 2. The van der Waals surface area contributed by atoms with Crippen molar-refractivity contribution in [3.63, 3.8) is 0 Å². The average molecular weight is 346 g/mol. The van der Waals surface area contributed by atoms with E-state index in [9.17, 15) is 9.59 Å². The molecule has 0 atom stereocenters. The first-order valence-electron chi connectivity index (χ1n) is 5.72. The molecule has 0 unspecified atom stereocenters. The van der Waals surface area contributed by atoms with Gasteiger partial charge in [-0.2, -0.15) is 0 Å². The van der Waals surface area contributed by atoms with Crippen molar-refractivity contribution in [1.29, 1.82) is 0 Å². The molecule has 0 fully saturated rings. The van der Waals surface area contributed by atoms with Gasteiger partial charge < -0.3 is 4.98 Å². The molecule has 0 bridgehead atoms. The Hall–Kier alpha value is -1.76. The number of hydrogen-bond donors (Lipinski definition) is 2. The van der Waals surface area contributed by atoms with Gasteiger partial charge in [0.1, 0.15) is 11.3 Å². The van der Waals surface area contributed by atoms with E-state index in [2.05, 4.69) is 15.0 Å². The summed E-state index contributed by atoms with van der Waals surface area (Å²) in [6.45, 7) is 0. The van der Waals surface area contributed by atoms with Gasteiger partial charge >= 0.3 is 5.69 Å². The second kappa shape index (κ2) is 4.91. The number of imidazole rings is 1. The van der Waals surface area contributed by atoms with Gasteiger partial charge in [0.2, 0.25) is 0 Å². The minimum atomic E-state index is -0.559. The minimum absolute atomic E-state index is 0.166. The van der Waals surface area contributed by atoms with E-state index >= 15 is 0 Å². The topological polar surface area (TPSA) is 83.5 Å². The van der Waals surface area contributed by atoms with Crippen LogP contribution in [0.4, 0.5) is 0 Å². The van der Waals surface area contributed by atoms with Crippen LogP contribution in [0.2, 0.25) is 15.1 Å². The molecule has 0 amide bonds. The summed E-state index contributed by atoms with van der Waals surface area (Å²) in [5.41, 5.74) is -0.292. The van der Waals surface area contributed by atoms with Crippen molar-refractivity contribution in [3.8, 4) is 11.4 Å². The highest BCUT2D eigenvalue weighted by molar-refractivity contribution is 6.45. The maximum absolute atomic E-state index is 11.8. The number of benzene rings is 1. The van der Waals surface area contributed by atoms with Gasteiger partial charge in [-0.3, -0.25) is 14.3 Å². The Balaban J connectivity index is 2.38. The van der Waals surface area contributed by atoms with E-state index in [1.165, 1.54) is 17.7 Å². The number of halogens is 3. The second-order valence-corrected chi connectivity index (χ2v) is 5.57. The van der Waals surface area contributed by atoms with Gasteiger partial charge in [-0.05, 0) is 12.1 Å². The monoisotopic (exact) mass is 344 g/mol. The van der Waals surface area contributed by atoms with Crippen LogP contribution in [-0.2, 0) is 7.05 Å². The molecular formula is C12H7Cl3N4O2. The molecule has 0 saturated carbocycles. The number of hydrogen-bond acceptors (Lipinski definition) is 3. The van der Waals surface area contributed by atoms with E-state index in [4.69, 9.17) is 34.8 Å². The molecule has 0 aliphatic heterocycles.